The molecule has 0 saturated carbocycles. The van der Waals surface area contributed by atoms with Gasteiger partial charge in [0, 0.05) is 29.2 Å². The Morgan fingerprint density at radius 2 is 1.41 bits per heavy atom. The Morgan fingerprint density at radius 1 is 0.828 bits per heavy atom. The zero-order valence-electron chi connectivity index (χ0n) is 16.5. The minimum absolute atomic E-state index is 0.208. The molecule has 5 heteroatoms. The van der Waals surface area contributed by atoms with Crippen LogP contribution in [0, 0.1) is 0 Å². The lowest BCUT2D eigenvalue weighted by molar-refractivity contribution is 0.0939. The highest BCUT2D eigenvalue weighted by molar-refractivity contribution is 6.30. The topological polar surface area (TPSA) is 49.4 Å². The molecule has 0 unspecified atom stereocenters. The molecule has 1 amide bonds. The van der Waals surface area contributed by atoms with Gasteiger partial charge in [-0.05, 0) is 55.6 Å². The molecule has 0 fully saturated rings. The van der Waals surface area contributed by atoms with Crippen molar-refractivity contribution in [3.63, 3.8) is 0 Å². The van der Waals surface area contributed by atoms with Gasteiger partial charge in [-0.25, -0.2) is 0 Å². The van der Waals surface area contributed by atoms with E-state index in [0.29, 0.717) is 28.3 Å². The van der Waals surface area contributed by atoms with Crippen molar-refractivity contribution in [2.24, 2.45) is 0 Å². The fourth-order valence-electron chi connectivity index (χ4n) is 3.04. The number of benzene rings is 3. The Kier molecular flexibility index (Phi) is 6.81. The van der Waals surface area contributed by atoms with Crippen LogP contribution in [0.4, 0.5) is 0 Å². The number of carbonyl (C=O) groups is 2. The molecule has 0 bridgehead atoms. The third-order valence-electron chi connectivity index (χ3n) is 4.50. The number of nitrogens with one attached hydrogen (secondary N) is 1. The van der Waals surface area contributed by atoms with E-state index in [0.717, 1.165) is 12.1 Å². The molecule has 0 aliphatic heterocycles. The van der Waals surface area contributed by atoms with Gasteiger partial charge < -0.3 is 10.2 Å². The molecule has 1 N–H and O–H groups in total. The summed E-state index contributed by atoms with van der Waals surface area (Å²) in [5.41, 5.74) is 3.43. The Bertz CT molecular complexity index is 996. The number of halogens is 1. The fraction of sp³-hybridized carbons (Fsp3) is 0.167. The summed E-state index contributed by atoms with van der Waals surface area (Å²) >= 11 is 5.90. The predicted molar refractivity (Wildman–Crippen MR) is 116 cm³/mol. The molecule has 0 heterocycles. The van der Waals surface area contributed by atoms with Crippen LogP contribution in [-0.2, 0) is 13.1 Å². The zero-order valence-corrected chi connectivity index (χ0v) is 17.2. The fourth-order valence-corrected chi connectivity index (χ4v) is 3.17. The summed E-state index contributed by atoms with van der Waals surface area (Å²) in [6.07, 6.45) is 0. The molecule has 0 aromatic heterocycles. The van der Waals surface area contributed by atoms with Crippen molar-refractivity contribution in [3.05, 3.63) is 106 Å². The van der Waals surface area contributed by atoms with E-state index in [1.807, 2.05) is 26.2 Å². The molecular weight excluding hydrogens is 384 g/mol. The third kappa shape index (κ3) is 5.53. The van der Waals surface area contributed by atoms with Crippen molar-refractivity contribution < 1.29 is 9.59 Å². The van der Waals surface area contributed by atoms with Crippen LogP contribution in [0.15, 0.2) is 72.8 Å². The van der Waals surface area contributed by atoms with E-state index in [9.17, 15) is 9.59 Å². The van der Waals surface area contributed by atoms with E-state index in [2.05, 4.69) is 22.3 Å². The highest BCUT2D eigenvalue weighted by Gasteiger charge is 2.17. The Morgan fingerprint density at radius 3 is 2.03 bits per heavy atom. The van der Waals surface area contributed by atoms with Crippen molar-refractivity contribution >= 4 is 23.3 Å². The maximum Gasteiger partial charge on any atom is 0.252 e. The van der Waals surface area contributed by atoms with E-state index in [4.69, 9.17) is 11.6 Å². The number of hydrogen-bond donors (Lipinski definition) is 1. The summed E-state index contributed by atoms with van der Waals surface area (Å²) in [6, 6.07) is 21.6. The lowest BCUT2D eigenvalue weighted by atomic mass is 9.98. The van der Waals surface area contributed by atoms with Crippen LogP contribution in [0.3, 0.4) is 0 Å². The van der Waals surface area contributed by atoms with Gasteiger partial charge in [-0.2, -0.15) is 0 Å². The molecule has 0 aliphatic rings. The van der Waals surface area contributed by atoms with Gasteiger partial charge in [0.05, 0.1) is 5.56 Å². The molecule has 0 saturated heterocycles. The van der Waals surface area contributed by atoms with E-state index in [1.54, 1.807) is 48.5 Å². The molecule has 0 atom stereocenters. The van der Waals surface area contributed by atoms with Gasteiger partial charge in [-0.15, -0.1) is 0 Å². The second kappa shape index (κ2) is 9.50. The first-order chi connectivity index (χ1) is 13.9. The van der Waals surface area contributed by atoms with Gasteiger partial charge in [0.1, 0.15) is 0 Å². The van der Waals surface area contributed by atoms with Crippen LogP contribution in [0.1, 0.15) is 37.4 Å². The summed E-state index contributed by atoms with van der Waals surface area (Å²) < 4.78 is 0. The number of ketones is 1. The summed E-state index contributed by atoms with van der Waals surface area (Å²) in [5.74, 6) is -0.485. The van der Waals surface area contributed by atoms with E-state index in [-0.39, 0.29) is 11.7 Å². The molecule has 0 aliphatic carbocycles. The van der Waals surface area contributed by atoms with Crippen LogP contribution >= 0.6 is 11.6 Å². The second-order valence-electron chi connectivity index (χ2n) is 7.12. The normalized spacial score (nSPS) is 10.8. The Balaban J connectivity index is 1.71. The van der Waals surface area contributed by atoms with Gasteiger partial charge in [-0.1, -0.05) is 54.1 Å². The molecule has 4 nitrogen and oxygen atoms in total. The summed E-state index contributed by atoms with van der Waals surface area (Å²) in [7, 11) is 4.05. The predicted octanol–water partition coefficient (Wildman–Crippen LogP) is 4.56. The molecule has 0 spiro atoms. The minimum Gasteiger partial charge on any atom is -0.348 e. The van der Waals surface area contributed by atoms with Crippen LogP contribution in [0.5, 0.6) is 0 Å². The van der Waals surface area contributed by atoms with Gasteiger partial charge in [-0.3, -0.25) is 9.59 Å². The highest BCUT2D eigenvalue weighted by atomic mass is 35.5. The number of rotatable bonds is 7. The largest absolute Gasteiger partial charge is 0.348 e. The summed E-state index contributed by atoms with van der Waals surface area (Å²) in [6.45, 7) is 1.26. The SMILES string of the molecule is CN(C)Cc1ccc(CNC(=O)c2ccccc2C(=O)c2ccc(Cl)cc2)cc1. The monoisotopic (exact) mass is 406 g/mol. The Labute approximate surface area is 176 Å². The molecule has 148 valence electrons. The van der Waals surface area contributed by atoms with E-state index < -0.39 is 0 Å². The Hall–Kier alpha value is -2.95. The van der Waals surface area contributed by atoms with Crippen molar-refractivity contribution in [3.8, 4) is 0 Å². The molecule has 29 heavy (non-hydrogen) atoms. The summed E-state index contributed by atoms with van der Waals surface area (Å²) in [5, 5.41) is 3.47. The lowest BCUT2D eigenvalue weighted by Crippen LogP contribution is -2.25. The van der Waals surface area contributed by atoms with Gasteiger partial charge in [0.2, 0.25) is 0 Å². The van der Waals surface area contributed by atoms with E-state index >= 15 is 0 Å². The smallest absolute Gasteiger partial charge is 0.252 e. The minimum atomic E-state index is -0.278. The molecule has 0 radical (unpaired) electrons. The second-order valence-corrected chi connectivity index (χ2v) is 7.55. The average Bonchev–Trinajstić information content (AvgIpc) is 2.72. The lowest BCUT2D eigenvalue weighted by Gasteiger charge is -2.12. The standard InChI is InChI=1S/C24H23ClN2O2/c1-27(2)16-18-9-7-17(8-10-18)15-26-24(29)22-6-4-3-5-21(22)23(28)19-11-13-20(25)14-12-19/h3-14H,15-16H2,1-2H3,(H,26,29). The number of carbonyl (C=O) groups excluding carboxylic acids is 2. The summed E-state index contributed by atoms with van der Waals surface area (Å²) in [4.78, 5) is 27.7. The van der Waals surface area contributed by atoms with Crippen molar-refractivity contribution in [2.75, 3.05) is 14.1 Å². The number of hydrogen-bond acceptors (Lipinski definition) is 3. The molecule has 3 aromatic rings. The number of amides is 1. The quantitative estimate of drug-likeness (QED) is 0.585. The molecular formula is C24H23ClN2O2. The molecule has 3 aromatic carbocycles. The molecule has 3 rings (SSSR count). The van der Waals surface area contributed by atoms with E-state index in [1.165, 1.54) is 5.56 Å². The van der Waals surface area contributed by atoms with Gasteiger partial charge in [0.25, 0.3) is 5.91 Å². The van der Waals surface area contributed by atoms with Crippen LogP contribution in [0.2, 0.25) is 5.02 Å². The first kappa shape index (κ1) is 20.8. The first-order valence-electron chi connectivity index (χ1n) is 9.34. The van der Waals surface area contributed by atoms with Gasteiger partial charge in [0.15, 0.2) is 5.78 Å². The van der Waals surface area contributed by atoms with Crippen molar-refractivity contribution in [2.45, 2.75) is 13.1 Å². The van der Waals surface area contributed by atoms with Crippen molar-refractivity contribution in [1.29, 1.82) is 0 Å². The highest BCUT2D eigenvalue weighted by Crippen LogP contribution is 2.17. The van der Waals surface area contributed by atoms with Gasteiger partial charge >= 0.3 is 0 Å². The van der Waals surface area contributed by atoms with Crippen LogP contribution in [-0.4, -0.2) is 30.7 Å². The number of nitrogens with zero attached hydrogens (tertiary/aromatic N) is 1. The maximum atomic E-state index is 12.9. The zero-order chi connectivity index (χ0) is 20.8. The maximum absolute atomic E-state index is 12.9. The van der Waals surface area contributed by atoms with Crippen LogP contribution < -0.4 is 5.32 Å². The first-order valence-corrected chi connectivity index (χ1v) is 9.72. The van der Waals surface area contributed by atoms with Crippen molar-refractivity contribution in [1.82, 2.24) is 10.2 Å². The third-order valence-corrected chi connectivity index (χ3v) is 4.75. The van der Waals surface area contributed by atoms with Crippen LogP contribution in [0.25, 0.3) is 0 Å². The average molecular weight is 407 g/mol.